The Morgan fingerprint density at radius 1 is 1.23 bits per heavy atom. The van der Waals surface area contributed by atoms with Gasteiger partial charge in [0.05, 0.1) is 11.0 Å². The van der Waals surface area contributed by atoms with E-state index in [9.17, 15) is 14.0 Å². The third-order valence-corrected chi connectivity index (χ3v) is 3.93. The Kier molecular flexibility index (Phi) is 4.97. The monoisotopic (exact) mass is 354 g/mol. The molecule has 0 saturated heterocycles. The number of aromatic amines is 1. The highest BCUT2D eigenvalue weighted by Crippen LogP contribution is 2.19. The Bertz CT molecular complexity index is 967. The number of aromatic nitrogens is 2. The van der Waals surface area contributed by atoms with Crippen LogP contribution < -0.4 is 10.6 Å². The van der Waals surface area contributed by atoms with Crippen LogP contribution >= 0.6 is 0 Å². The molecule has 2 amide bonds. The molecular weight excluding hydrogens is 335 g/mol. The molecule has 1 aromatic heterocycles. The summed E-state index contributed by atoms with van der Waals surface area (Å²) in [5, 5.41) is 5.28. The molecule has 3 aromatic rings. The van der Waals surface area contributed by atoms with E-state index in [1.165, 1.54) is 13.0 Å². The molecule has 1 atom stereocenters. The van der Waals surface area contributed by atoms with E-state index in [2.05, 4.69) is 20.6 Å². The van der Waals surface area contributed by atoms with Gasteiger partial charge >= 0.3 is 0 Å². The largest absolute Gasteiger partial charge is 0.345 e. The molecule has 7 heteroatoms. The number of halogens is 1. The molecule has 0 spiro atoms. The number of anilines is 1. The second kappa shape index (κ2) is 7.35. The van der Waals surface area contributed by atoms with Crippen LogP contribution in [0.4, 0.5) is 10.1 Å². The Labute approximate surface area is 149 Å². The smallest absolute Gasteiger partial charge is 0.246 e. The number of H-pyrrole nitrogens is 1. The van der Waals surface area contributed by atoms with E-state index < -0.39 is 6.04 Å². The van der Waals surface area contributed by atoms with Gasteiger partial charge in [-0.1, -0.05) is 18.2 Å². The number of nitrogens with one attached hydrogen (secondary N) is 3. The van der Waals surface area contributed by atoms with Crippen molar-refractivity contribution in [3.63, 3.8) is 0 Å². The van der Waals surface area contributed by atoms with Gasteiger partial charge in [-0.2, -0.15) is 0 Å². The predicted molar refractivity (Wildman–Crippen MR) is 97.2 cm³/mol. The number of carbonyl (C=O) groups is 2. The molecule has 0 aliphatic rings. The van der Waals surface area contributed by atoms with E-state index in [-0.39, 0.29) is 17.6 Å². The molecule has 0 aliphatic heterocycles. The van der Waals surface area contributed by atoms with Gasteiger partial charge in [-0.15, -0.1) is 0 Å². The van der Waals surface area contributed by atoms with Crippen molar-refractivity contribution in [3.8, 4) is 0 Å². The number of hydrogen-bond acceptors (Lipinski definition) is 3. The average Bonchev–Trinajstić information content (AvgIpc) is 2.98. The van der Waals surface area contributed by atoms with Crippen LogP contribution in [0.3, 0.4) is 0 Å². The molecule has 0 saturated carbocycles. The summed E-state index contributed by atoms with van der Waals surface area (Å²) < 4.78 is 13.8. The zero-order valence-corrected chi connectivity index (χ0v) is 14.5. The standard InChI is InChI=1S/C19H19FN4O2/c1-11(21-12(2)25)19(26)22-14-7-8-16-17(10-14)24-18(23-16)9-13-5-3-4-6-15(13)20/h3-8,10-11H,9H2,1-2H3,(H,21,25)(H,22,26)(H,23,24). The Morgan fingerprint density at radius 3 is 2.73 bits per heavy atom. The summed E-state index contributed by atoms with van der Waals surface area (Å²) in [7, 11) is 0. The molecule has 0 radical (unpaired) electrons. The van der Waals surface area contributed by atoms with Crippen LogP contribution in [0.25, 0.3) is 11.0 Å². The first kappa shape index (κ1) is 17.6. The van der Waals surface area contributed by atoms with Crippen molar-refractivity contribution in [2.75, 3.05) is 5.32 Å². The average molecular weight is 354 g/mol. The highest BCUT2D eigenvalue weighted by molar-refractivity contribution is 5.97. The molecule has 2 aromatic carbocycles. The molecule has 1 heterocycles. The Morgan fingerprint density at radius 2 is 2.00 bits per heavy atom. The lowest BCUT2D eigenvalue weighted by atomic mass is 10.1. The molecule has 26 heavy (non-hydrogen) atoms. The molecule has 1 unspecified atom stereocenters. The number of amides is 2. The number of imidazole rings is 1. The third kappa shape index (κ3) is 4.05. The van der Waals surface area contributed by atoms with Gasteiger partial charge in [-0.3, -0.25) is 9.59 Å². The summed E-state index contributed by atoms with van der Waals surface area (Å²) in [6.45, 7) is 2.97. The van der Waals surface area contributed by atoms with Gasteiger partial charge in [0.15, 0.2) is 0 Å². The highest BCUT2D eigenvalue weighted by Gasteiger charge is 2.14. The minimum atomic E-state index is -0.637. The maximum Gasteiger partial charge on any atom is 0.246 e. The topological polar surface area (TPSA) is 86.9 Å². The highest BCUT2D eigenvalue weighted by atomic mass is 19.1. The normalized spacial score (nSPS) is 12.0. The van der Waals surface area contributed by atoms with Gasteiger partial charge in [0, 0.05) is 19.0 Å². The number of carbonyl (C=O) groups excluding carboxylic acids is 2. The summed E-state index contributed by atoms with van der Waals surface area (Å²) in [6, 6.07) is 11.2. The fourth-order valence-corrected chi connectivity index (χ4v) is 2.67. The molecule has 3 N–H and O–H groups in total. The van der Waals surface area contributed by atoms with Crippen molar-refractivity contribution >= 4 is 28.5 Å². The van der Waals surface area contributed by atoms with Crippen molar-refractivity contribution < 1.29 is 14.0 Å². The maximum atomic E-state index is 13.8. The zero-order chi connectivity index (χ0) is 18.7. The van der Waals surface area contributed by atoms with Gasteiger partial charge in [0.25, 0.3) is 0 Å². The molecule has 6 nitrogen and oxygen atoms in total. The molecule has 0 aliphatic carbocycles. The first-order chi connectivity index (χ1) is 12.4. The van der Waals surface area contributed by atoms with Gasteiger partial charge in [-0.25, -0.2) is 9.37 Å². The van der Waals surface area contributed by atoms with Gasteiger partial charge in [0.1, 0.15) is 17.7 Å². The second-order valence-corrected chi connectivity index (χ2v) is 6.10. The van der Waals surface area contributed by atoms with Crippen LogP contribution in [0.15, 0.2) is 42.5 Å². The van der Waals surface area contributed by atoms with Gasteiger partial charge < -0.3 is 15.6 Å². The van der Waals surface area contributed by atoms with E-state index in [0.29, 0.717) is 23.5 Å². The van der Waals surface area contributed by atoms with Crippen molar-refractivity contribution in [1.29, 1.82) is 0 Å². The quantitative estimate of drug-likeness (QED) is 0.658. The van der Waals surface area contributed by atoms with Crippen LogP contribution in [-0.4, -0.2) is 27.8 Å². The van der Waals surface area contributed by atoms with Gasteiger partial charge in [0.2, 0.25) is 11.8 Å². The zero-order valence-electron chi connectivity index (χ0n) is 14.5. The van der Waals surface area contributed by atoms with Crippen LogP contribution in [0.5, 0.6) is 0 Å². The molecule has 0 bridgehead atoms. The molecular formula is C19H19FN4O2. The van der Waals surface area contributed by atoms with Crippen molar-refractivity contribution in [2.24, 2.45) is 0 Å². The van der Waals surface area contributed by atoms with Crippen LogP contribution in [0.1, 0.15) is 25.2 Å². The number of nitrogens with zero attached hydrogens (tertiary/aromatic N) is 1. The van der Waals surface area contributed by atoms with Crippen LogP contribution in [-0.2, 0) is 16.0 Å². The minimum Gasteiger partial charge on any atom is -0.345 e. The van der Waals surface area contributed by atoms with Crippen LogP contribution in [0.2, 0.25) is 0 Å². The van der Waals surface area contributed by atoms with Gasteiger partial charge in [-0.05, 0) is 36.8 Å². The summed E-state index contributed by atoms with van der Waals surface area (Å²) in [5.41, 5.74) is 2.61. The summed E-state index contributed by atoms with van der Waals surface area (Å²) in [4.78, 5) is 30.7. The lowest BCUT2D eigenvalue weighted by molar-refractivity contribution is -0.124. The second-order valence-electron chi connectivity index (χ2n) is 6.10. The maximum absolute atomic E-state index is 13.8. The van der Waals surface area contributed by atoms with Crippen LogP contribution in [0, 0.1) is 5.82 Å². The summed E-state index contributed by atoms with van der Waals surface area (Å²) in [6.07, 6.45) is 0.350. The number of rotatable bonds is 5. The third-order valence-electron chi connectivity index (χ3n) is 3.93. The summed E-state index contributed by atoms with van der Waals surface area (Å²) >= 11 is 0. The number of hydrogen-bond donors (Lipinski definition) is 3. The Hall–Kier alpha value is -3.22. The lowest BCUT2D eigenvalue weighted by Gasteiger charge is -2.12. The minimum absolute atomic E-state index is 0.269. The van der Waals surface area contributed by atoms with E-state index in [4.69, 9.17) is 0 Å². The number of fused-ring (bicyclic) bond motifs is 1. The fourth-order valence-electron chi connectivity index (χ4n) is 2.67. The predicted octanol–water partition coefficient (Wildman–Crippen LogP) is 2.76. The van der Waals surface area contributed by atoms with E-state index >= 15 is 0 Å². The number of benzene rings is 2. The summed E-state index contributed by atoms with van der Waals surface area (Å²) in [5.74, 6) is -0.215. The first-order valence-electron chi connectivity index (χ1n) is 8.22. The SMILES string of the molecule is CC(=O)NC(C)C(=O)Nc1ccc2nc(Cc3ccccc3F)[nH]c2c1. The lowest BCUT2D eigenvalue weighted by Crippen LogP contribution is -2.40. The van der Waals surface area contributed by atoms with Crippen molar-refractivity contribution in [2.45, 2.75) is 26.3 Å². The van der Waals surface area contributed by atoms with E-state index in [1.807, 2.05) is 0 Å². The van der Waals surface area contributed by atoms with Crippen molar-refractivity contribution in [1.82, 2.24) is 15.3 Å². The van der Waals surface area contributed by atoms with Crippen molar-refractivity contribution in [3.05, 3.63) is 59.7 Å². The first-order valence-corrected chi connectivity index (χ1v) is 8.22. The van der Waals surface area contributed by atoms with E-state index in [1.54, 1.807) is 43.3 Å². The molecule has 0 fully saturated rings. The molecule has 3 rings (SSSR count). The Balaban J connectivity index is 1.76. The van der Waals surface area contributed by atoms with E-state index in [0.717, 1.165) is 11.0 Å². The molecule has 134 valence electrons. The fraction of sp³-hybridized carbons (Fsp3) is 0.211.